The first-order valence-electron chi connectivity index (χ1n) is 5.65. The lowest BCUT2D eigenvalue weighted by Gasteiger charge is -2.22. The minimum absolute atomic E-state index is 0.0349. The Balaban J connectivity index is 3.77. The highest BCUT2D eigenvalue weighted by molar-refractivity contribution is 5.76. The SMILES string of the molecule is C[C@H](CC(=O)NC[C@H](C)O)CC(C)(C)C. The maximum Gasteiger partial charge on any atom is 0.220 e. The number of aliphatic hydroxyl groups excluding tert-OH is 1. The zero-order chi connectivity index (χ0) is 12.1. The fourth-order valence-corrected chi connectivity index (χ4v) is 1.77. The maximum absolute atomic E-state index is 11.4. The van der Waals surface area contributed by atoms with Gasteiger partial charge in [0.1, 0.15) is 0 Å². The molecule has 0 saturated heterocycles. The summed E-state index contributed by atoms with van der Waals surface area (Å²) in [6.07, 6.45) is 1.12. The van der Waals surface area contributed by atoms with Gasteiger partial charge in [-0.15, -0.1) is 0 Å². The summed E-state index contributed by atoms with van der Waals surface area (Å²) in [5.74, 6) is 0.423. The molecule has 2 N–H and O–H groups in total. The second kappa shape index (κ2) is 6.11. The molecule has 0 fully saturated rings. The molecule has 1 amide bonds. The zero-order valence-corrected chi connectivity index (χ0v) is 10.6. The standard InChI is InChI=1S/C12H25NO2/c1-9(7-12(3,4)5)6-11(15)13-8-10(2)14/h9-10,14H,6-8H2,1-5H3,(H,13,15)/t9-,10+/m1/s1. The first-order chi connectivity index (χ1) is 6.70. The van der Waals surface area contributed by atoms with Gasteiger partial charge in [0.2, 0.25) is 5.91 Å². The summed E-state index contributed by atoms with van der Waals surface area (Å²) in [6.45, 7) is 10.6. The molecular formula is C12H25NO2. The molecule has 15 heavy (non-hydrogen) atoms. The van der Waals surface area contributed by atoms with Crippen molar-refractivity contribution in [1.82, 2.24) is 5.32 Å². The van der Waals surface area contributed by atoms with Crippen LogP contribution >= 0.6 is 0 Å². The number of nitrogens with one attached hydrogen (secondary N) is 1. The van der Waals surface area contributed by atoms with Gasteiger partial charge in [-0.05, 0) is 24.7 Å². The van der Waals surface area contributed by atoms with Crippen LogP contribution < -0.4 is 5.32 Å². The predicted molar refractivity (Wildman–Crippen MR) is 62.5 cm³/mol. The molecule has 2 atom stereocenters. The van der Waals surface area contributed by atoms with Crippen LogP contribution in [0, 0.1) is 11.3 Å². The van der Waals surface area contributed by atoms with Crippen molar-refractivity contribution >= 4 is 5.91 Å². The molecule has 0 radical (unpaired) electrons. The van der Waals surface area contributed by atoms with Crippen molar-refractivity contribution < 1.29 is 9.90 Å². The second-order valence-electron chi connectivity index (χ2n) is 5.73. The quantitative estimate of drug-likeness (QED) is 0.736. The number of hydrogen-bond donors (Lipinski definition) is 2. The molecule has 0 rings (SSSR count). The predicted octanol–water partition coefficient (Wildman–Crippen LogP) is 1.95. The van der Waals surface area contributed by atoms with Crippen molar-refractivity contribution in [2.24, 2.45) is 11.3 Å². The summed E-state index contributed by atoms with van der Waals surface area (Å²) in [7, 11) is 0. The summed E-state index contributed by atoms with van der Waals surface area (Å²) < 4.78 is 0. The summed E-state index contributed by atoms with van der Waals surface area (Å²) in [5.41, 5.74) is 0.268. The molecule has 3 heteroatoms. The summed E-state index contributed by atoms with van der Waals surface area (Å²) in [4.78, 5) is 11.4. The molecular weight excluding hydrogens is 190 g/mol. The molecule has 0 aliphatic rings. The van der Waals surface area contributed by atoms with E-state index in [2.05, 4.69) is 33.0 Å². The Hall–Kier alpha value is -0.570. The van der Waals surface area contributed by atoms with E-state index in [1.165, 1.54) is 0 Å². The molecule has 90 valence electrons. The lowest BCUT2D eigenvalue weighted by atomic mass is 9.84. The Morgan fingerprint density at radius 3 is 2.27 bits per heavy atom. The van der Waals surface area contributed by atoms with Crippen LogP contribution in [-0.4, -0.2) is 23.7 Å². The third kappa shape index (κ3) is 9.73. The van der Waals surface area contributed by atoms with Gasteiger partial charge >= 0.3 is 0 Å². The van der Waals surface area contributed by atoms with Crippen LogP contribution in [0.15, 0.2) is 0 Å². The van der Waals surface area contributed by atoms with Crippen LogP contribution in [0.3, 0.4) is 0 Å². The van der Waals surface area contributed by atoms with Gasteiger partial charge in [0.15, 0.2) is 0 Å². The van der Waals surface area contributed by atoms with E-state index in [0.29, 0.717) is 18.9 Å². The van der Waals surface area contributed by atoms with Crippen molar-refractivity contribution in [2.75, 3.05) is 6.54 Å². The Labute approximate surface area is 93.3 Å². The molecule has 0 aliphatic carbocycles. The second-order valence-corrected chi connectivity index (χ2v) is 5.73. The first kappa shape index (κ1) is 14.4. The van der Waals surface area contributed by atoms with Crippen LogP contribution in [-0.2, 0) is 4.79 Å². The van der Waals surface area contributed by atoms with Gasteiger partial charge in [-0.25, -0.2) is 0 Å². The summed E-state index contributed by atoms with van der Waals surface area (Å²) in [5, 5.41) is 11.7. The largest absolute Gasteiger partial charge is 0.392 e. The van der Waals surface area contributed by atoms with E-state index in [9.17, 15) is 4.79 Å². The van der Waals surface area contributed by atoms with Crippen molar-refractivity contribution in [2.45, 2.75) is 53.6 Å². The average molecular weight is 215 g/mol. The highest BCUT2D eigenvalue weighted by atomic mass is 16.3. The van der Waals surface area contributed by atoms with Gasteiger partial charge < -0.3 is 10.4 Å². The van der Waals surface area contributed by atoms with Crippen LogP contribution in [0.25, 0.3) is 0 Å². The smallest absolute Gasteiger partial charge is 0.220 e. The summed E-state index contributed by atoms with van der Waals surface area (Å²) >= 11 is 0. The third-order valence-electron chi connectivity index (χ3n) is 2.09. The molecule has 0 spiro atoms. The molecule has 0 aromatic heterocycles. The van der Waals surface area contributed by atoms with E-state index in [4.69, 9.17) is 5.11 Å². The molecule has 0 unspecified atom stereocenters. The molecule has 0 saturated carbocycles. The van der Waals surface area contributed by atoms with E-state index in [-0.39, 0.29) is 11.3 Å². The normalized spacial score (nSPS) is 15.9. The highest BCUT2D eigenvalue weighted by Crippen LogP contribution is 2.25. The van der Waals surface area contributed by atoms with Crippen molar-refractivity contribution in [1.29, 1.82) is 0 Å². The number of carbonyl (C=O) groups is 1. The number of amides is 1. The number of hydrogen-bond acceptors (Lipinski definition) is 2. The van der Waals surface area contributed by atoms with Crippen LogP contribution in [0.5, 0.6) is 0 Å². The molecule has 0 bridgehead atoms. The summed E-state index contributed by atoms with van der Waals surface area (Å²) in [6, 6.07) is 0. The lowest BCUT2D eigenvalue weighted by molar-refractivity contribution is -0.122. The van der Waals surface area contributed by atoms with Crippen molar-refractivity contribution in [3.63, 3.8) is 0 Å². The van der Waals surface area contributed by atoms with Crippen LogP contribution in [0.1, 0.15) is 47.5 Å². The van der Waals surface area contributed by atoms with Crippen LogP contribution in [0.2, 0.25) is 0 Å². The first-order valence-corrected chi connectivity index (χ1v) is 5.65. The van der Waals surface area contributed by atoms with Gasteiger partial charge in [0.05, 0.1) is 6.10 Å². The highest BCUT2D eigenvalue weighted by Gasteiger charge is 2.17. The maximum atomic E-state index is 11.4. The fourth-order valence-electron chi connectivity index (χ4n) is 1.77. The molecule has 0 aromatic rings. The topological polar surface area (TPSA) is 49.3 Å². The Kier molecular flexibility index (Phi) is 5.88. The number of rotatable bonds is 5. The Morgan fingerprint density at radius 2 is 1.87 bits per heavy atom. The number of carbonyl (C=O) groups excluding carboxylic acids is 1. The lowest BCUT2D eigenvalue weighted by Crippen LogP contribution is -2.31. The molecule has 0 aromatic carbocycles. The third-order valence-corrected chi connectivity index (χ3v) is 2.09. The average Bonchev–Trinajstić information content (AvgIpc) is 1.96. The minimum atomic E-state index is -0.466. The molecule has 3 nitrogen and oxygen atoms in total. The van der Waals surface area contributed by atoms with Crippen molar-refractivity contribution in [3.8, 4) is 0 Å². The monoisotopic (exact) mass is 215 g/mol. The van der Waals surface area contributed by atoms with E-state index < -0.39 is 6.10 Å². The molecule has 0 aliphatic heterocycles. The van der Waals surface area contributed by atoms with Crippen molar-refractivity contribution in [3.05, 3.63) is 0 Å². The zero-order valence-electron chi connectivity index (χ0n) is 10.6. The van der Waals surface area contributed by atoms with E-state index >= 15 is 0 Å². The van der Waals surface area contributed by atoms with E-state index in [1.54, 1.807) is 6.92 Å². The Morgan fingerprint density at radius 1 is 1.33 bits per heavy atom. The van der Waals surface area contributed by atoms with Gasteiger partial charge in [0, 0.05) is 13.0 Å². The minimum Gasteiger partial charge on any atom is -0.392 e. The fraction of sp³-hybridized carbons (Fsp3) is 0.917. The van der Waals surface area contributed by atoms with E-state index in [0.717, 1.165) is 6.42 Å². The number of aliphatic hydroxyl groups is 1. The van der Waals surface area contributed by atoms with Gasteiger partial charge in [-0.1, -0.05) is 27.7 Å². The van der Waals surface area contributed by atoms with Crippen LogP contribution in [0.4, 0.5) is 0 Å². The van der Waals surface area contributed by atoms with Gasteiger partial charge in [-0.2, -0.15) is 0 Å². The van der Waals surface area contributed by atoms with E-state index in [1.807, 2.05) is 0 Å². The Bertz CT molecular complexity index is 194. The van der Waals surface area contributed by atoms with Gasteiger partial charge in [0.25, 0.3) is 0 Å². The molecule has 0 heterocycles. The van der Waals surface area contributed by atoms with Gasteiger partial charge in [-0.3, -0.25) is 4.79 Å².